The van der Waals surface area contributed by atoms with E-state index >= 15 is 0 Å². The summed E-state index contributed by atoms with van der Waals surface area (Å²) < 4.78 is 49.8. The molecular weight excluding hydrogens is 389 g/mol. The van der Waals surface area contributed by atoms with Gasteiger partial charge in [0.15, 0.2) is 0 Å². The number of para-hydroxylation sites is 1. The van der Waals surface area contributed by atoms with Crippen molar-refractivity contribution in [3.63, 3.8) is 0 Å². The molecule has 0 fully saturated rings. The summed E-state index contributed by atoms with van der Waals surface area (Å²) in [6.07, 6.45) is -4.93. The summed E-state index contributed by atoms with van der Waals surface area (Å²) in [4.78, 5) is 12.1. The number of hydrogen-bond acceptors (Lipinski definition) is 5. The molecule has 0 saturated heterocycles. The maximum Gasteiger partial charge on any atom is 0.573 e. The summed E-state index contributed by atoms with van der Waals surface area (Å²) in [7, 11) is 1.36. The number of halogens is 4. The van der Waals surface area contributed by atoms with E-state index in [1.165, 1.54) is 19.2 Å². The molecule has 0 N–H and O–H groups in total. The van der Waals surface area contributed by atoms with Crippen molar-refractivity contribution in [1.29, 1.82) is 0 Å². The highest BCUT2D eigenvalue weighted by Gasteiger charge is 2.33. The molecule has 0 saturated carbocycles. The second-order valence-corrected chi connectivity index (χ2v) is 5.72. The molecule has 0 aliphatic heterocycles. The van der Waals surface area contributed by atoms with E-state index in [0.29, 0.717) is 0 Å². The molecule has 142 valence electrons. The number of rotatable bonds is 5. The maximum absolute atomic E-state index is 12.8. The molecule has 1 aromatic heterocycles. The number of aryl methyl sites for hydroxylation is 1. The fraction of sp³-hybridized carbons (Fsp3) is 0.188. The highest BCUT2D eigenvalue weighted by Crippen LogP contribution is 2.32. The first-order valence-corrected chi connectivity index (χ1v) is 7.88. The third-order valence-electron chi connectivity index (χ3n) is 3.49. The standard InChI is InChI=1S/C16H12ClF3N4O3/c1-23-15(25)24(22-21-23)12-6-4-8-13(27-16(18,19)20)10(12)9-26-14-7-3-2-5-11(14)17/h2-8H,9H2,1H3. The van der Waals surface area contributed by atoms with Crippen molar-refractivity contribution in [2.75, 3.05) is 0 Å². The van der Waals surface area contributed by atoms with Crippen molar-refractivity contribution in [3.05, 3.63) is 63.5 Å². The van der Waals surface area contributed by atoms with Crippen molar-refractivity contribution >= 4 is 11.6 Å². The zero-order valence-corrected chi connectivity index (χ0v) is 14.5. The first-order valence-electron chi connectivity index (χ1n) is 7.50. The highest BCUT2D eigenvalue weighted by molar-refractivity contribution is 6.32. The zero-order valence-electron chi connectivity index (χ0n) is 13.8. The number of nitrogens with zero attached hydrogens (tertiary/aromatic N) is 4. The first-order chi connectivity index (χ1) is 12.8. The summed E-state index contributed by atoms with van der Waals surface area (Å²) in [5.74, 6) is -0.261. The molecule has 0 atom stereocenters. The summed E-state index contributed by atoms with van der Waals surface area (Å²) in [6, 6.07) is 10.3. The Kier molecular flexibility index (Phi) is 5.08. The van der Waals surface area contributed by atoms with Crippen LogP contribution in [0.1, 0.15) is 5.56 Å². The molecule has 2 aromatic carbocycles. The van der Waals surface area contributed by atoms with Crippen molar-refractivity contribution < 1.29 is 22.6 Å². The Morgan fingerprint density at radius 2 is 1.78 bits per heavy atom. The van der Waals surface area contributed by atoms with E-state index in [1.54, 1.807) is 24.3 Å². The lowest BCUT2D eigenvalue weighted by Gasteiger charge is -2.17. The van der Waals surface area contributed by atoms with Gasteiger partial charge < -0.3 is 9.47 Å². The fourth-order valence-electron chi connectivity index (χ4n) is 2.29. The van der Waals surface area contributed by atoms with Crippen molar-refractivity contribution in [2.45, 2.75) is 13.0 Å². The molecule has 0 unspecified atom stereocenters. The van der Waals surface area contributed by atoms with Crippen LogP contribution in [0, 0.1) is 0 Å². The molecular formula is C16H12ClF3N4O3. The highest BCUT2D eigenvalue weighted by atomic mass is 35.5. The Morgan fingerprint density at radius 3 is 2.41 bits per heavy atom. The van der Waals surface area contributed by atoms with Crippen molar-refractivity contribution in [3.8, 4) is 17.2 Å². The van der Waals surface area contributed by atoms with Gasteiger partial charge in [-0.3, -0.25) is 0 Å². The van der Waals surface area contributed by atoms with Crippen LogP contribution in [0.2, 0.25) is 5.02 Å². The van der Waals surface area contributed by atoms with Gasteiger partial charge in [-0.2, -0.15) is 9.36 Å². The number of ether oxygens (including phenoxy) is 2. The third kappa shape index (κ3) is 4.22. The minimum atomic E-state index is -4.93. The van der Waals surface area contributed by atoms with Crippen LogP contribution in [-0.2, 0) is 13.7 Å². The molecule has 11 heteroatoms. The Bertz CT molecular complexity index is 1020. The second-order valence-electron chi connectivity index (χ2n) is 5.32. The Balaban J connectivity index is 2.05. The monoisotopic (exact) mass is 400 g/mol. The van der Waals surface area contributed by atoms with Crippen molar-refractivity contribution in [1.82, 2.24) is 19.8 Å². The SMILES string of the molecule is Cn1nnn(-c2cccc(OC(F)(F)F)c2COc2ccccc2Cl)c1=O. The van der Waals surface area contributed by atoms with E-state index in [2.05, 4.69) is 15.2 Å². The van der Waals surface area contributed by atoms with E-state index in [9.17, 15) is 18.0 Å². The third-order valence-corrected chi connectivity index (χ3v) is 3.80. The number of alkyl halides is 3. The van der Waals surface area contributed by atoms with Gasteiger partial charge in [-0.25, -0.2) is 4.79 Å². The minimum absolute atomic E-state index is 0.0434. The molecule has 0 bridgehead atoms. The Hall–Kier alpha value is -3.01. The Labute approximate surface area is 155 Å². The lowest BCUT2D eigenvalue weighted by molar-refractivity contribution is -0.275. The van der Waals surface area contributed by atoms with Crippen LogP contribution in [0.15, 0.2) is 47.3 Å². The topological polar surface area (TPSA) is 71.2 Å². The zero-order chi connectivity index (χ0) is 19.6. The maximum atomic E-state index is 12.8. The summed E-state index contributed by atoms with van der Waals surface area (Å²) in [6.45, 7) is -0.353. The van der Waals surface area contributed by atoms with Crippen LogP contribution >= 0.6 is 11.6 Å². The lowest BCUT2D eigenvalue weighted by atomic mass is 10.1. The average molecular weight is 401 g/mol. The summed E-state index contributed by atoms with van der Waals surface area (Å²) in [5.41, 5.74) is -0.641. The number of tetrazole rings is 1. The minimum Gasteiger partial charge on any atom is -0.487 e. The quantitative estimate of drug-likeness (QED) is 0.658. The van der Waals surface area contributed by atoms with Gasteiger partial charge in [0.05, 0.1) is 16.3 Å². The lowest BCUT2D eigenvalue weighted by Crippen LogP contribution is -2.24. The van der Waals surface area contributed by atoms with E-state index in [-0.39, 0.29) is 28.6 Å². The molecule has 3 aromatic rings. The fourth-order valence-corrected chi connectivity index (χ4v) is 2.48. The van der Waals surface area contributed by atoms with E-state index < -0.39 is 17.8 Å². The molecule has 0 spiro atoms. The van der Waals surface area contributed by atoms with Gasteiger partial charge in [0.2, 0.25) is 0 Å². The normalized spacial score (nSPS) is 11.4. The van der Waals surface area contributed by atoms with E-state index in [1.807, 2.05) is 0 Å². The van der Waals surface area contributed by atoms with Gasteiger partial charge in [0.25, 0.3) is 0 Å². The molecule has 0 amide bonds. The van der Waals surface area contributed by atoms with Crippen molar-refractivity contribution in [2.24, 2.45) is 7.05 Å². The predicted octanol–water partition coefficient (Wildman–Crippen LogP) is 3.10. The van der Waals surface area contributed by atoms with E-state index in [4.69, 9.17) is 16.3 Å². The van der Waals surface area contributed by atoms with Gasteiger partial charge in [0.1, 0.15) is 18.1 Å². The molecule has 1 heterocycles. The Morgan fingerprint density at radius 1 is 1.07 bits per heavy atom. The van der Waals surface area contributed by atoms with Crippen LogP contribution < -0.4 is 15.2 Å². The first kappa shape index (κ1) is 18.8. The molecule has 0 aliphatic rings. The van der Waals surface area contributed by atoms with Gasteiger partial charge in [-0.05, 0) is 34.7 Å². The van der Waals surface area contributed by atoms with Gasteiger partial charge in [-0.15, -0.1) is 13.2 Å². The van der Waals surface area contributed by atoms with Crippen LogP contribution in [0.5, 0.6) is 11.5 Å². The molecule has 27 heavy (non-hydrogen) atoms. The van der Waals surface area contributed by atoms with Crippen LogP contribution in [0.4, 0.5) is 13.2 Å². The predicted molar refractivity (Wildman–Crippen MR) is 89.1 cm³/mol. The van der Waals surface area contributed by atoms with Gasteiger partial charge in [0, 0.05) is 7.05 Å². The second kappa shape index (κ2) is 7.31. The number of hydrogen-bond donors (Lipinski definition) is 0. The number of aromatic nitrogens is 4. The van der Waals surface area contributed by atoms with Crippen LogP contribution in [0.3, 0.4) is 0 Å². The molecule has 3 rings (SSSR count). The summed E-state index contributed by atoms with van der Waals surface area (Å²) in [5, 5.41) is 7.50. The van der Waals surface area contributed by atoms with Crippen LogP contribution in [-0.4, -0.2) is 26.2 Å². The largest absolute Gasteiger partial charge is 0.573 e. The smallest absolute Gasteiger partial charge is 0.487 e. The molecule has 0 aliphatic carbocycles. The van der Waals surface area contributed by atoms with Gasteiger partial charge >= 0.3 is 12.1 Å². The van der Waals surface area contributed by atoms with Crippen LogP contribution in [0.25, 0.3) is 5.69 Å². The van der Waals surface area contributed by atoms with Gasteiger partial charge in [-0.1, -0.05) is 29.8 Å². The number of benzene rings is 2. The molecule has 0 radical (unpaired) electrons. The average Bonchev–Trinajstić information content (AvgIpc) is 2.93. The molecule has 7 nitrogen and oxygen atoms in total. The summed E-state index contributed by atoms with van der Waals surface area (Å²) >= 11 is 6.00. The van der Waals surface area contributed by atoms with E-state index in [0.717, 1.165) is 15.4 Å².